The van der Waals surface area contributed by atoms with Gasteiger partial charge in [0.2, 0.25) is 0 Å². The van der Waals surface area contributed by atoms with Crippen molar-refractivity contribution < 1.29 is 27.0 Å². The van der Waals surface area contributed by atoms with Gasteiger partial charge in [-0.2, -0.15) is 22.7 Å². The van der Waals surface area contributed by atoms with E-state index >= 15 is 0 Å². The summed E-state index contributed by atoms with van der Waals surface area (Å²) in [5.74, 6) is -0.608. The Labute approximate surface area is 115 Å². The van der Waals surface area contributed by atoms with Crippen molar-refractivity contribution in [2.45, 2.75) is 12.2 Å². The summed E-state index contributed by atoms with van der Waals surface area (Å²) in [5, 5.41) is 4.05. The Kier molecular flexibility index (Phi) is 2.59. The van der Waals surface area contributed by atoms with Gasteiger partial charge in [-0.05, 0) is 18.2 Å². The van der Waals surface area contributed by atoms with Gasteiger partial charge in [0.1, 0.15) is 5.82 Å². The predicted molar refractivity (Wildman–Crippen MR) is 64.2 cm³/mol. The standard InChI is InChI=1S/C12H9F4N3O2/c1-19-10(17)5-7(18-19)6-2-3-8-9(4-6)21-12(15,16)11(13,14)20-8/h2-5H,17H2,1H3. The number of fused-ring (bicyclic) bond motifs is 1. The second kappa shape index (κ2) is 4.03. The zero-order valence-electron chi connectivity index (χ0n) is 10.6. The molecule has 0 fully saturated rings. The first-order valence-electron chi connectivity index (χ1n) is 5.77. The van der Waals surface area contributed by atoms with E-state index in [0.29, 0.717) is 17.1 Å². The van der Waals surface area contributed by atoms with E-state index in [1.165, 1.54) is 16.8 Å². The minimum Gasteiger partial charge on any atom is -0.421 e. The summed E-state index contributed by atoms with van der Waals surface area (Å²) in [6, 6.07) is 5.15. The molecule has 0 amide bonds. The first-order valence-corrected chi connectivity index (χ1v) is 5.77. The normalized spacial score (nSPS) is 18.5. The lowest BCUT2D eigenvalue weighted by atomic mass is 10.1. The second-order valence-corrected chi connectivity index (χ2v) is 4.48. The Morgan fingerprint density at radius 1 is 1.05 bits per heavy atom. The number of nitrogens with two attached hydrogens (primary N) is 1. The zero-order chi connectivity index (χ0) is 15.4. The SMILES string of the molecule is Cn1nc(-c2ccc3c(c2)OC(F)(F)C(F)(F)O3)cc1N. The minimum absolute atomic E-state index is 0.358. The number of halogens is 4. The quantitative estimate of drug-likeness (QED) is 0.823. The van der Waals surface area contributed by atoms with Crippen molar-refractivity contribution in [2.24, 2.45) is 7.05 Å². The first-order chi connectivity index (χ1) is 9.69. The van der Waals surface area contributed by atoms with Crippen molar-refractivity contribution in [3.63, 3.8) is 0 Å². The Morgan fingerprint density at radius 3 is 2.24 bits per heavy atom. The molecule has 9 heteroatoms. The Balaban J connectivity index is 2.03. The maximum absolute atomic E-state index is 13.1. The molecule has 0 atom stereocenters. The molecule has 3 rings (SSSR count). The van der Waals surface area contributed by atoms with E-state index in [-0.39, 0.29) is 0 Å². The Hall–Kier alpha value is -2.45. The molecule has 1 aromatic heterocycles. The molecule has 1 aliphatic rings. The van der Waals surface area contributed by atoms with Gasteiger partial charge in [0.05, 0.1) is 5.69 Å². The lowest BCUT2D eigenvalue weighted by molar-refractivity contribution is -0.391. The molecule has 21 heavy (non-hydrogen) atoms. The van der Waals surface area contributed by atoms with Crippen LogP contribution in [0.25, 0.3) is 11.3 Å². The summed E-state index contributed by atoms with van der Waals surface area (Å²) >= 11 is 0. The number of hydrogen-bond donors (Lipinski definition) is 1. The molecule has 5 nitrogen and oxygen atoms in total. The number of nitrogen functional groups attached to an aromatic ring is 1. The van der Waals surface area contributed by atoms with Crippen molar-refractivity contribution >= 4 is 5.82 Å². The number of nitrogens with zero attached hydrogens (tertiary/aromatic N) is 2. The maximum Gasteiger partial charge on any atom is 0.507 e. The number of hydrogen-bond acceptors (Lipinski definition) is 4. The highest BCUT2D eigenvalue weighted by molar-refractivity contribution is 5.66. The van der Waals surface area contributed by atoms with Crippen molar-refractivity contribution in [3.8, 4) is 22.8 Å². The minimum atomic E-state index is -4.75. The van der Waals surface area contributed by atoms with Gasteiger partial charge in [0, 0.05) is 18.7 Å². The van der Waals surface area contributed by atoms with E-state index in [1.54, 1.807) is 7.05 Å². The molecule has 0 saturated carbocycles. The van der Waals surface area contributed by atoms with Gasteiger partial charge in [0.15, 0.2) is 11.5 Å². The number of alkyl halides is 4. The van der Waals surface area contributed by atoms with E-state index in [0.717, 1.165) is 12.1 Å². The first kappa shape index (κ1) is 13.5. The number of benzene rings is 1. The molecule has 0 aliphatic carbocycles. The van der Waals surface area contributed by atoms with Gasteiger partial charge in [0.25, 0.3) is 0 Å². The fourth-order valence-electron chi connectivity index (χ4n) is 1.85. The second-order valence-electron chi connectivity index (χ2n) is 4.48. The average molecular weight is 303 g/mol. The number of ether oxygens (including phenoxy) is 2. The summed E-state index contributed by atoms with van der Waals surface area (Å²) < 4.78 is 61.7. The lowest BCUT2D eigenvalue weighted by Crippen LogP contribution is -2.52. The molecule has 112 valence electrons. The van der Waals surface area contributed by atoms with Crippen LogP contribution in [0.4, 0.5) is 23.4 Å². The summed E-state index contributed by atoms with van der Waals surface area (Å²) in [4.78, 5) is 0. The van der Waals surface area contributed by atoms with Crippen LogP contribution in [0.1, 0.15) is 0 Å². The molecule has 1 aromatic carbocycles. The van der Waals surface area contributed by atoms with Crippen LogP contribution in [0, 0.1) is 0 Å². The highest BCUT2D eigenvalue weighted by Crippen LogP contribution is 2.47. The van der Waals surface area contributed by atoms with Crippen molar-refractivity contribution in [1.29, 1.82) is 0 Å². The third-order valence-electron chi connectivity index (χ3n) is 2.97. The largest absolute Gasteiger partial charge is 0.507 e. The summed E-state index contributed by atoms with van der Waals surface area (Å²) in [7, 11) is 1.60. The van der Waals surface area contributed by atoms with Crippen molar-refractivity contribution in [3.05, 3.63) is 24.3 Å². The van der Waals surface area contributed by atoms with Crippen molar-refractivity contribution in [2.75, 3.05) is 5.73 Å². The van der Waals surface area contributed by atoms with Gasteiger partial charge in [-0.1, -0.05) is 0 Å². The van der Waals surface area contributed by atoms with Crippen LogP contribution in [-0.4, -0.2) is 22.0 Å². The van der Waals surface area contributed by atoms with Crippen LogP contribution in [-0.2, 0) is 7.05 Å². The van der Waals surface area contributed by atoms with E-state index in [4.69, 9.17) is 5.73 Å². The zero-order valence-corrected chi connectivity index (χ0v) is 10.6. The van der Waals surface area contributed by atoms with Crippen molar-refractivity contribution in [1.82, 2.24) is 9.78 Å². The molecule has 2 heterocycles. The van der Waals surface area contributed by atoms with Crippen LogP contribution in [0.2, 0.25) is 0 Å². The van der Waals surface area contributed by atoms with E-state index in [1.807, 2.05) is 0 Å². The number of rotatable bonds is 1. The third kappa shape index (κ3) is 2.05. The van der Waals surface area contributed by atoms with Gasteiger partial charge in [-0.3, -0.25) is 4.68 Å². The maximum atomic E-state index is 13.1. The molecule has 0 radical (unpaired) electrons. The molecule has 2 N–H and O–H groups in total. The monoisotopic (exact) mass is 303 g/mol. The van der Waals surface area contributed by atoms with E-state index in [2.05, 4.69) is 14.6 Å². The highest BCUT2D eigenvalue weighted by atomic mass is 19.3. The van der Waals surface area contributed by atoms with Gasteiger partial charge >= 0.3 is 12.2 Å². The van der Waals surface area contributed by atoms with E-state index in [9.17, 15) is 17.6 Å². The fraction of sp³-hybridized carbons (Fsp3) is 0.250. The summed E-state index contributed by atoms with van der Waals surface area (Å²) in [6.07, 6.45) is -9.47. The van der Waals surface area contributed by atoms with Gasteiger partial charge < -0.3 is 15.2 Å². The number of aryl methyl sites for hydroxylation is 1. The molecule has 1 aliphatic heterocycles. The Bertz CT molecular complexity index is 695. The van der Waals surface area contributed by atoms with Crippen LogP contribution in [0.15, 0.2) is 24.3 Å². The third-order valence-corrected chi connectivity index (χ3v) is 2.97. The predicted octanol–water partition coefficient (Wildman–Crippen LogP) is 2.63. The molecule has 0 saturated heterocycles. The topological polar surface area (TPSA) is 62.3 Å². The number of anilines is 1. The Morgan fingerprint density at radius 2 is 1.67 bits per heavy atom. The lowest BCUT2D eigenvalue weighted by Gasteiger charge is -2.31. The van der Waals surface area contributed by atoms with Crippen LogP contribution >= 0.6 is 0 Å². The fourth-order valence-corrected chi connectivity index (χ4v) is 1.85. The molecular formula is C12H9F4N3O2. The number of aromatic nitrogens is 2. The van der Waals surface area contributed by atoms with Gasteiger partial charge in [-0.15, -0.1) is 0 Å². The molecule has 2 aromatic rings. The average Bonchev–Trinajstić information content (AvgIpc) is 2.70. The van der Waals surface area contributed by atoms with E-state index < -0.39 is 23.7 Å². The molecular weight excluding hydrogens is 294 g/mol. The highest BCUT2D eigenvalue weighted by Gasteiger charge is 2.65. The van der Waals surface area contributed by atoms with Crippen LogP contribution in [0.5, 0.6) is 11.5 Å². The molecule has 0 spiro atoms. The summed E-state index contributed by atoms with van der Waals surface area (Å²) in [5.41, 5.74) is 6.39. The molecule has 0 unspecified atom stereocenters. The van der Waals surface area contributed by atoms with Crippen LogP contribution < -0.4 is 15.2 Å². The molecule has 0 bridgehead atoms. The van der Waals surface area contributed by atoms with Crippen LogP contribution in [0.3, 0.4) is 0 Å². The van der Waals surface area contributed by atoms with Gasteiger partial charge in [-0.25, -0.2) is 0 Å². The summed E-state index contributed by atoms with van der Waals surface area (Å²) in [6.45, 7) is 0. The smallest absolute Gasteiger partial charge is 0.421 e.